The summed E-state index contributed by atoms with van der Waals surface area (Å²) in [5.74, 6) is 0.763. The third-order valence-electron chi connectivity index (χ3n) is 2.59. The molecule has 1 N–H and O–H groups in total. The SMILES string of the molecule is COc1ccc(C(=O)CN(C)CCCO)cc1Br. The lowest BCUT2D eigenvalue weighted by Crippen LogP contribution is -2.27. The fraction of sp³-hybridized carbons (Fsp3) is 0.462. The number of benzene rings is 1. The van der Waals surface area contributed by atoms with E-state index >= 15 is 0 Å². The molecule has 0 heterocycles. The molecule has 1 aromatic rings. The Kier molecular flexibility index (Phi) is 6.32. The van der Waals surface area contributed by atoms with Gasteiger partial charge >= 0.3 is 0 Å². The molecule has 0 bridgehead atoms. The Bertz CT molecular complexity index is 409. The van der Waals surface area contributed by atoms with Crippen LogP contribution in [-0.2, 0) is 0 Å². The molecule has 4 nitrogen and oxygen atoms in total. The van der Waals surface area contributed by atoms with Crippen LogP contribution in [-0.4, -0.2) is 49.6 Å². The van der Waals surface area contributed by atoms with Gasteiger partial charge in [-0.15, -0.1) is 0 Å². The molecule has 1 rings (SSSR count). The molecule has 0 spiro atoms. The van der Waals surface area contributed by atoms with Crippen LogP contribution in [0.3, 0.4) is 0 Å². The summed E-state index contributed by atoms with van der Waals surface area (Å²) in [4.78, 5) is 13.9. The Morgan fingerprint density at radius 3 is 2.78 bits per heavy atom. The van der Waals surface area contributed by atoms with E-state index in [0.717, 1.165) is 4.47 Å². The van der Waals surface area contributed by atoms with Gasteiger partial charge in [0.15, 0.2) is 5.78 Å². The Morgan fingerprint density at radius 1 is 1.50 bits per heavy atom. The first kappa shape index (κ1) is 15.1. The first-order valence-electron chi connectivity index (χ1n) is 5.74. The number of carbonyl (C=O) groups excluding carboxylic acids is 1. The summed E-state index contributed by atoms with van der Waals surface area (Å²) in [6.45, 7) is 1.20. The molecule has 0 aliphatic rings. The van der Waals surface area contributed by atoms with Gasteiger partial charge in [-0.2, -0.15) is 0 Å². The van der Waals surface area contributed by atoms with Crippen LogP contribution in [0.1, 0.15) is 16.8 Å². The number of Topliss-reactive ketones (excluding diaryl/α,β-unsaturated/α-hetero) is 1. The summed E-state index contributed by atoms with van der Waals surface area (Å²) < 4.78 is 5.89. The van der Waals surface area contributed by atoms with Crippen LogP contribution in [0.2, 0.25) is 0 Å². The molecule has 100 valence electrons. The van der Waals surface area contributed by atoms with Crippen molar-refractivity contribution in [2.75, 3.05) is 33.9 Å². The van der Waals surface area contributed by atoms with Crippen molar-refractivity contribution in [3.05, 3.63) is 28.2 Å². The van der Waals surface area contributed by atoms with E-state index in [2.05, 4.69) is 15.9 Å². The van der Waals surface area contributed by atoms with Gasteiger partial charge in [-0.05, 0) is 47.6 Å². The first-order chi connectivity index (χ1) is 8.58. The number of hydrogen-bond acceptors (Lipinski definition) is 4. The predicted octanol–water partition coefficient (Wildman–Crippen LogP) is 1.95. The minimum absolute atomic E-state index is 0.0544. The maximum Gasteiger partial charge on any atom is 0.176 e. The minimum Gasteiger partial charge on any atom is -0.496 e. The first-order valence-corrected chi connectivity index (χ1v) is 6.54. The normalized spacial score (nSPS) is 10.7. The fourth-order valence-electron chi connectivity index (χ4n) is 1.60. The Morgan fingerprint density at radius 2 is 2.22 bits per heavy atom. The standard InChI is InChI=1S/C13H18BrNO3/c1-15(6-3-7-16)9-12(17)10-4-5-13(18-2)11(14)8-10/h4-5,8,16H,3,6-7,9H2,1-2H3. The molecule has 0 atom stereocenters. The van der Waals surface area contributed by atoms with E-state index in [9.17, 15) is 4.79 Å². The van der Waals surface area contributed by atoms with Gasteiger partial charge in [0.2, 0.25) is 0 Å². The van der Waals surface area contributed by atoms with Gasteiger partial charge in [0, 0.05) is 18.7 Å². The third-order valence-corrected chi connectivity index (χ3v) is 3.20. The maximum atomic E-state index is 12.0. The van der Waals surface area contributed by atoms with Gasteiger partial charge in [-0.25, -0.2) is 0 Å². The zero-order valence-electron chi connectivity index (χ0n) is 10.6. The Labute approximate surface area is 116 Å². The van der Waals surface area contributed by atoms with Gasteiger partial charge in [0.25, 0.3) is 0 Å². The van der Waals surface area contributed by atoms with Gasteiger partial charge in [0.1, 0.15) is 5.75 Å². The minimum atomic E-state index is 0.0544. The topological polar surface area (TPSA) is 49.8 Å². The molecular weight excluding hydrogens is 298 g/mol. The van der Waals surface area contributed by atoms with E-state index in [0.29, 0.717) is 30.8 Å². The lowest BCUT2D eigenvalue weighted by molar-refractivity contribution is 0.0942. The number of hydrogen-bond donors (Lipinski definition) is 1. The van der Waals surface area contributed by atoms with Crippen molar-refractivity contribution >= 4 is 21.7 Å². The van der Waals surface area contributed by atoms with Crippen molar-refractivity contribution < 1.29 is 14.6 Å². The summed E-state index contributed by atoms with van der Waals surface area (Å²) in [6.07, 6.45) is 0.677. The average molecular weight is 316 g/mol. The molecule has 0 saturated carbocycles. The smallest absolute Gasteiger partial charge is 0.176 e. The van der Waals surface area contributed by atoms with Crippen LogP contribution in [0.15, 0.2) is 22.7 Å². The molecule has 0 unspecified atom stereocenters. The number of likely N-dealkylation sites (N-methyl/N-ethyl adjacent to an activating group) is 1. The van der Waals surface area contributed by atoms with E-state index < -0.39 is 0 Å². The summed E-state index contributed by atoms with van der Waals surface area (Å²) >= 11 is 3.36. The van der Waals surface area contributed by atoms with E-state index in [1.807, 2.05) is 11.9 Å². The van der Waals surface area contributed by atoms with Crippen molar-refractivity contribution in [1.82, 2.24) is 4.90 Å². The molecule has 0 fully saturated rings. The molecular formula is C13H18BrNO3. The molecule has 0 saturated heterocycles. The number of halogens is 1. The third kappa shape index (κ3) is 4.40. The Hall–Kier alpha value is -0.910. The highest BCUT2D eigenvalue weighted by Crippen LogP contribution is 2.25. The molecule has 5 heteroatoms. The number of rotatable bonds is 7. The summed E-state index contributed by atoms with van der Waals surface area (Å²) in [7, 11) is 3.45. The van der Waals surface area contributed by atoms with Gasteiger partial charge in [-0.1, -0.05) is 0 Å². The van der Waals surface area contributed by atoms with Crippen LogP contribution in [0.4, 0.5) is 0 Å². The quantitative estimate of drug-likeness (QED) is 0.781. The number of methoxy groups -OCH3 is 1. The van der Waals surface area contributed by atoms with Crippen LogP contribution < -0.4 is 4.74 Å². The van der Waals surface area contributed by atoms with Crippen LogP contribution in [0.25, 0.3) is 0 Å². The monoisotopic (exact) mass is 315 g/mol. The van der Waals surface area contributed by atoms with Crippen LogP contribution >= 0.6 is 15.9 Å². The molecule has 18 heavy (non-hydrogen) atoms. The van der Waals surface area contributed by atoms with E-state index in [4.69, 9.17) is 9.84 Å². The van der Waals surface area contributed by atoms with Crippen LogP contribution in [0.5, 0.6) is 5.75 Å². The van der Waals surface area contributed by atoms with Gasteiger partial charge in [-0.3, -0.25) is 9.69 Å². The van der Waals surface area contributed by atoms with E-state index in [1.165, 1.54) is 0 Å². The van der Waals surface area contributed by atoms with Gasteiger partial charge < -0.3 is 9.84 Å². The van der Waals surface area contributed by atoms with E-state index in [-0.39, 0.29) is 12.4 Å². The van der Waals surface area contributed by atoms with Crippen molar-refractivity contribution in [3.63, 3.8) is 0 Å². The summed E-state index contributed by atoms with van der Waals surface area (Å²) in [6, 6.07) is 5.29. The second kappa shape index (κ2) is 7.51. The zero-order valence-corrected chi connectivity index (χ0v) is 12.2. The van der Waals surface area contributed by atoms with Crippen molar-refractivity contribution in [1.29, 1.82) is 0 Å². The average Bonchev–Trinajstić information content (AvgIpc) is 2.36. The van der Waals surface area contributed by atoms with Crippen molar-refractivity contribution in [3.8, 4) is 5.75 Å². The second-order valence-electron chi connectivity index (χ2n) is 4.09. The van der Waals surface area contributed by atoms with Crippen molar-refractivity contribution in [2.45, 2.75) is 6.42 Å². The number of aliphatic hydroxyl groups is 1. The zero-order chi connectivity index (χ0) is 13.5. The number of ether oxygens (including phenoxy) is 1. The lowest BCUT2D eigenvalue weighted by Gasteiger charge is -2.15. The molecule has 0 radical (unpaired) electrons. The lowest BCUT2D eigenvalue weighted by atomic mass is 10.1. The number of ketones is 1. The highest BCUT2D eigenvalue weighted by molar-refractivity contribution is 9.10. The van der Waals surface area contributed by atoms with Gasteiger partial charge in [0.05, 0.1) is 18.1 Å². The number of nitrogens with zero attached hydrogens (tertiary/aromatic N) is 1. The number of aliphatic hydroxyl groups excluding tert-OH is 1. The maximum absolute atomic E-state index is 12.0. The Balaban J connectivity index is 2.64. The van der Waals surface area contributed by atoms with Crippen LogP contribution in [0, 0.1) is 0 Å². The van der Waals surface area contributed by atoms with Crippen molar-refractivity contribution in [2.24, 2.45) is 0 Å². The molecule has 0 aliphatic heterocycles. The van der Waals surface area contributed by atoms with E-state index in [1.54, 1.807) is 25.3 Å². The number of carbonyl (C=O) groups is 1. The fourth-order valence-corrected chi connectivity index (χ4v) is 2.14. The molecule has 0 amide bonds. The summed E-state index contributed by atoms with van der Waals surface area (Å²) in [5.41, 5.74) is 0.651. The largest absolute Gasteiger partial charge is 0.496 e. The molecule has 1 aromatic carbocycles. The highest BCUT2D eigenvalue weighted by Gasteiger charge is 2.11. The predicted molar refractivity (Wildman–Crippen MR) is 74.2 cm³/mol. The molecule has 0 aliphatic carbocycles. The summed E-state index contributed by atoms with van der Waals surface area (Å²) in [5, 5.41) is 8.73. The second-order valence-corrected chi connectivity index (χ2v) is 4.94. The highest BCUT2D eigenvalue weighted by atomic mass is 79.9. The molecule has 0 aromatic heterocycles.